The first-order chi connectivity index (χ1) is 13.8. The van der Waals surface area contributed by atoms with Gasteiger partial charge in [0.15, 0.2) is 0 Å². The molecule has 2 saturated heterocycles. The predicted octanol–water partition coefficient (Wildman–Crippen LogP) is 4.11. The molecule has 2 fully saturated rings. The van der Waals surface area contributed by atoms with E-state index in [-0.39, 0.29) is 24.1 Å². The first-order valence-corrected chi connectivity index (χ1v) is 9.98. The number of nitrogens with zero attached hydrogens (tertiary/aromatic N) is 2. The second-order valence-corrected chi connectivity index (χ2v) is 7.37. The highest BCUT2D eigenvalue weighted by atomic mass is 19.4. The Labute approximate surface area is 168 Å². The van der Waals surface area contributed by atoms with Crippen LogP contribution in [0.1, 0.15) is 38.2 Å². The summed E-state index contributed by atoms with van der Waals surface area (Å²) in [5.41, 5.74) is 0.0280. The van der Waals surface area contributed by atoms with Gasteiger partial charge >= 0.3 is 12.3 Å². The lowest BCUT2D eigenvalue weighted by Gasteiger charge is -2.31. The first kappa shape index (κ1) is 21.3. The fourth-order valence-electron chi connectivity index (χ4n) is 3.82. The third-order valence-corrected chi connectivity index (χ3v) is 5.42. The van der Waals surface area contributed by atoms with Crippen LogP contribution in [-0.2, 0) is 15.7 Å². The summed E-state index contributed by atoms with van der Waals surface area (Å²) in [7, 11) is 0. The van der Waals surface area contributed by atoms with E-state index < -0.39 is 17.8 Å². The van der Waals surface area contributed by atoms with Crippen molar-refractivity contribution in [1.29, 1.82) is 0 Å². The number of nitrogens with one attached hydrogen (secondary N) is 1. The number of carbonyl (C=O) groups is 2. The molecule has 0 saturated carbocycles. The summed E-state index contributed by atoms with van der Waals surface area (Å²) in [4.78, 5) is 28.1. The smallest absolute Gasteiger partial charge is 0.416 e. The Morgan fingerprint density at radius 2 is 1.79 bits per heavy atom. The van der Waals surface area contributed by atoms with Gasteiger partial charge in [-0.05, 0) is 50.8 Å². The maximum Gasteiger partial charge on any atom is 0.416 e. The molecule has 160 valence electrons. The summed E-state index contributed by atoms with van der Waals surface area (Å²) in [5.74, 6) is -0.671. The van der Waals surface area contributed by atoms with Crippen molar-refractivity contribution in [3.8, 4) is 0 Å². The fraction of sp³-hybridized carbons (Fsp3) is 0.600. The minimum Gasteiger partial charge on any atom is -0.450 e. The molecule has 1 N–H and O–H groups in total. The zero-order chi connectivity index (χ0) is 21.0. The number of piperidine rings is 1. The summed E-state index contributed by atoms with van der Waals surface area (Å²) in [6.07, 6.45) is -2.04. The number of halogens is 3. The van der Waals surface area contributed by atoms with Gasteiger partial charge in [-0.1, -0.05) is 0 Å². The van der Waals surface area contributed by atoms with Gasteiger partial charge in [0, 0.05) is 32.1 Å². The molecule has 0 bridgehead atoms. The van der Waals surface area contributed by atoms with E-state index in [1.165, 1.54) is 6.07 Å². The van der Waals surface area contributed by atoms with Crippen LogP contribution in [0.3, 0.4) is 0 Å². The van der Waals surface area contributed by atoms with Crippen molar-refractivity contribution in [3.05, 3.63) is 23.8 Å². The maximum absolute atomic E-state index is 13.2. The zero-order valence-electron chi connectivity index (χ0n) is 16.4. The molecule has 2 heterocycles. The minimum absolute atomic E-state index is 0.194. The summed E-state index contributed by atoms with van der Waals surface area (Å²) in [6, 6.07) is 3.51. The summed E-state index contributed by atoms with van der Waals surface area (Å²) < 4.78 is 44.5. The van der Waals surface area contributed by atoms with Crippen molar-refractivity contribution in [1.82, 2.24) is 4.90 Å². The molecule has 0 atom stereocenters. The SMILES string of the molecule is CCOC(=O)N1CCC(C(=O)Nc2cc(C(F)(F)F)ccc2N2CCCC2)CC1. The molecule has 0 aliphatic carbocycles. The molecule has 29 heavy (non-hydrogen) atoms. The van der Waals surface area contributed by atoms with E-state index in [0.717, 1.165) is 38.1 Å². The van der Waals surface area contributed by atoms with Gasteiger partial charge in [0.1, 0.15) is 0 Å². The number of carbonyl (C=O) groups excluding carboxylic acids is 2. The maximum atomic E-state index is 13.2. The highest BCUT2D eigenvalue weighted by molar-refractivity contribution is 5.96. The Balaban J connectivity index is 1.71. The summed E-state index contributed by atoms with van der Waals surface area (Å²) >= 11 is 0. The number of anilines is 2. The molecular weight excluding hydrogens is 387 g/mol. The largest absolute Gasteiger partial charge is 0.450 e. The molecule has 0 unspecified atom stereocenters. The summed E-state index contributed by atoms with van der Waals surface area (Å²) in [5, 5.41) is 2.72. The van der Waals surface area contributed by atoms with Crippen LogP contribution in [0.25, 0.3) is 0 Å². The lowest BCUT2D eigenvalue weighted by Crippen LogP contribution is -2.41. The van der Waals surface area contributed by atoms with Crippen molar-refractivity contribution in [2.24, 2.45) is 5.92 Å². The predicted molar refractivity (Wildman–Crippen MR) is 103 cm³/mol. The van der Waals surface area contributed by atoms with Gasteiger partial charge in [-0.15, -0.1) is 0 Å². The number of hydrogen-bond acceptors (Lipinski definition) is 4. The Kier molecular flexibility index (Phi) is 6.54. The molecule has 0 aromatic heterocycles. The zero-order valence-corrected chi connectivity index (χ0v) is 16.4. The molecule has 0 spiro atoms. The third-order valence-electron chi connectivity index (χ3n) is 5.42. The molecule has 3 rings (SSSR count). The number of ether oxygens (including phenoxy) is 1. The summed E-state index contributed by atoms with van der Waals surface area (Å²) in [6.45, 7) is 4.30. The van der Waals surface area contributed by atoms with Gasteiger partial charge < -0.3 is 19.9 Å². The van der Waals surface area contributed by atoms with E-state index in [0.29, 0.717) is 31.6 Å². The Hall–Kier alpha value is -2.45. The van der Waals surface area contributed by atoms with Crippen LogP contribution in [0.5, 0.6) is 0 Å². The van der Waals surface area contributed by atoms with E-state index in [4.69, 9.17) is 4.74 Å². The number of alkyl halides is 3. The van der Waals surface area contributed by atoms with Gasteiger partial charge in [-0.25, -0.2) is 4.79 Å². The molecule has 0 radical (unpaired) electrons. The van der Waals surface area contributed by atoms with Crippen LogP contribution < -0.4 is 10.2 Å². The van der Waals surface area contributed by atoms with Gasteiger partial charge in [0.2, 0.25) is 5.91 Å². The third kappa shape index (κ3) is 5.13. The average molecular weight is 413 g/mol. The molecule has 1 aromatic carbocycles. The van der Waals surface area contributed by atoms with E-state index in [2.05, 4.69) is 5.32 Å². The fourth-order valence-corrected chi connectivity index (χ4v) is 3.82. The quantitative estimate of drug-likeness (QED) is 0.807. The lowest BCUT2D eigenvalue weighted by atomic mass is 9.96. The van der Waals surface area contributed by atoms with E-state index in [9.17, 15) is 22.8 Å². The van der Waals surface area contributed by atoms with E-state index in [1.807, 2.05) is 4.90 Å². The molecule has 9 heteroatoms. The van der Waals surface area contributed by atoms with Crippen molar-refractivity contribution in [2.45, 2.75) is 38.8 Å². The van der Waals surface area contributed by atoms with Gasteiger partial charge in [0.25, 0.3) is 0 Å². The minimum atomic E-state index is -4.48. The second kappa shape index (κ2) is 8.92. The van der Waals surface area contributed by atoms with Crippen LogP contribution in [-0.4, -0.2) is 49.7 Å². The van der Waals surface area contributed by atoms with Crippen molar-refractivity contribution in [3.63, 3.8) is 0 Å². The topological polar surface area (TPSA) is 61.9 Å². The van der Waals surface area contributed by atoms with Crippen molar-refractivity contribution in [2.75, 3.05) is 43.0 Å². The van der Waals surface area contributed by atoms with E-state index in [1.54, 1.807) is 11.8 Å². The highest BCUT2D eigenvalue weighted by Gasteiger charge is 2.33. The Morgan fingerprint density at radius 3 is 2.38 bits per heavy atom. The highest BCUT2D eigenvalue weighted by Crippen LogP contribution is 2.37. The van der Waals surface area contributed by atoms with Gasteiger partial charge in [-0.2, -0.15) is 13.2 Å². The normalized spacial score (nSPS) is 18.1. The van der Waals surface area contributed by atoms with Gasteiger partial charge in [-0.3, -0.25) is 4.79 Å². The van der Waals surface area contributed by atoms with Crippen molar-refractivity contribution >= 4 is 23.4 Å². The monoisotopic (exact) mass is 413 g/mol. The first-order valence-electron chi connectivity index (χ1n) is 9.98. The lowest BCUT2D eigenvalue weighted by molar-refractivity contribution is -0.137. The van der Waals surface area contributed by atoms with Crippen LogP contribution in [0, 0.1) is 5.92 Å². The molecule has 1 aromatic rings. The number of benzene rings is 1. The number of likely N-dealkylation sites (tertiary alicyclic amines) is 1. The van der Waals surface area contributed by atoms with Crippen LogP contribution in [0.4, 0.5) is 29.3 Å². The molecule has 6 nitrogen and oxygen atoms in total. The molecule has 2 aliphatic heterocycles. The molecular formula is C20H26F3N3O3. The Morgan fingerprint density at radius 1 is 1.14 bits per heavy atom. The second-order valence-electron chi connectivity index (χ2n) is 7.37. The molecule has 2 aliphatic rings. The average Bonchev–Trinajstić information content (AvgIpc) is 3.22. The number of amides is 2. The standard InChI is InChI=1S/C20H26F3N3O3/c1-2-29-19(28)26-11-7-14(8-12-26)18(27)24-16-13-15(20(21,22)23)5-6-17(16)25-9-3-4-10-25/h5-6,13-14H,2-4,7-12H2,1H3,(H,24,27). The van der Waals surface area contributed by atoms with Crippen LogP contribution in [0.15, 0.2) is 18.2 Å². The van der Waals surface area contributed by atoms with Crippen LogP contribution >= 0.6 is 0 Å². The Bertz CT molecular complexity index is 740. The van der Waals surface area contributed by atoms with Gasteiger partial charge in [0.05, 0.1) is 23.5 Å². The molecule has 2 amide bonds. The van der Waals surface area contributed by atoms with E-state index >= 15 is 0 Å². The number of rotatable bonds is 4. The van der Waals surface area contributed by atoms with Crippen LogP contribution in [0.2, 0.25) is 0 Å². The number of hydrogen-bond donors (Lipinski definition) is 1. The van der Waals surface area contributed by atoms with Crippen molar-refractivity contribution < 1.29 is 27.5 Å².